The molecule has 240 valence electrons. The number of aliphatic carboxylic acids is 1. The molecule has 0 radical (unpaired) electrons. The van der Waals surface area contributed by atoms with Crippen LogP contribution >= 0.6 is 23.5 Å². The molecule has 0 aliphatic rings. The van der Waals surface area contributed by atoms with E-state index in [1.807, 2.05) is 11.8 Å². The number of thioether (sulfide) groups is 2. The molecule has 0 aliphatic carbocycles. The van der Waals surface area contributed by atoms with Crippen LogP contribution in [-0.4, -0.2) is 33.6 Å². The molecule has 0 aromatic carbocycles. The van der Waals surface area contributed by atoms with Gasteiger partial charge in [0, 0.05) is 0 Å². The van der Waals surface area contributed by atoms with Gasteiger partial charge >= 0.3 is 5.97 Å². The highest BCUT2D eigenvalue weighted by Crippen LogP contribution is 2.21. The van der Waals surface area contributed by atoms with Gasteiger partial charge in [0.15, 0.2) is 0 Å². The van der Waals surface area contributed by atoms with Crippen LogP contribution in [0.3, 0.4) is 0 Å². The average molecular weight is 601 g/mol. The fraction of sp³-hybridized carbons (Fsp3) is 0.972. The number of hydrogen-bond acceptors (Lipinski definition) is 3. The molecule has 0 saturated carbocycles. The summed E-state index contributed by atoms with van der Waals surface area (Å²) in [5.41, 5.74) is 0. The van der Waals surface area contributed by atoms with Gasteiger partial charge in [0.25, 0.3) is 0 Å². The van der Waals surface area contributed by atoms with Gasteiger partial charge < -0.3 is 5.11 Å². The van der Waals surface area contributed by atoms with Gasteiger partial charge in [0.1, 0.15) is 5.25 Å². The highest BCUT2D eigenvalue weighted by atomic mass is 32.2. The predicted molar refractivity (Wildman–Crippen MR) is 186 cm³/mol. The summed E-state index contributed by atoms with van der Waals surface area (Å²) in [6.07, 6.45) is 39.8. The highest BCUT2D eigenvalue weighted by molar-refractivity contribution is 8.01. The largest absolute Gasteiger partial charge is 0.480 e. The van der Waals surface area contributed by atoms with Crippen molar-refractivity contribution < 1.29 is 9.90 Å². The van der Waals surface area contributed by atoms with Crippen LogP contribution in [0.2, 0.25) is 0 Å². The summed E-state index contributed by atoms with van der Waals surface area (Å²) in [5, 5.41) is 9.39. The van der Waals surface area contributed by atoms with Gasteiger partial charge in [-0.15, -0.1) is 11.8 Å². The van der Waals surface area contributed by atoms with Crippen LogP contribution in [0.4, 0.5) is 0 Å². The first-order chi connectivity index (χ1) is 19.7. The lowest BCUT2D eigenvalue weighted by Crippen LogP contribution is -2.17. The average Bonchev–Trinajstić information content (AvgIpc) is 2.95. The summed E-state index contributed by atoms with van der Waals surface area (Å²) in [6, 6.07) is 0. The van der Waals surface area contributed by atoms with E-state index in [9.17, 15) is 9.90 Å². The number of unbranched alkanes of at least 4 members (excludes halogenated alkanes) is 26. The molecule has 0 bridgehead atoms. The van der Waals surface area contributed by atoms with Crippen LogP contribution in [0.15, 0.2) is 0 Å². The Bertz CT molecular complexity index is 485. The molecule has 0 heterocycles. The number of carboxylic acid groups (broad SMARTS) is 1. The Morgan fingerprint density at radius 3 is 1.07 bits per heavy atom. The SMILES string of the molecule is CCCCCCCCCCCCCCCCSCCC(SCCCCCCCCCCCCCCCC)C(=O)O. The normalized spacial score (nSPS) is 12.2. The molecule has 0 aliphatic heterocycles. The number of carbonyl (C=O) groups is 1. The smallest absolute Gasteiger partial charge is 0.316 e. The first-order valence-corrected chi connectivity index (χ1v) is 20.3. The van der Waals surface area contributed by atoms with Crippen LogP contribution in [0.1, 0.15) is 200 Å². The van der Waals surface area contributed by atoms with E-state index in [4.69, 9.17) is 0 Å². The maximum Gasteiger partial charge on any atom is 0.316 e. The maximum absolute atomic E-state index is 11.7. The lowest BCUT2D eigenvalue weighted by Gasteiger charge is -2.12. The molecule has 0 saturated heterocycles. The molecular formula is C36H72O2S2. The first-order valence-electron chi connectivity index (χ1n) is 18.1. The molecule has 0 amide bonds. The molecule has 0 aromatic heterocycles. The first kappa shape index (κ1) is 40.2. The van der Waals surface area contributed by atoms with Crippen molar-refractivity contribution in [1.82, 2.24) is 0 Å². The molecule has 40 heavy (non-hydrogen) atoms. The van der Waals surface area contributed by atoms with E-state index >= 15 is 0 Å². The topological polar surface area (TPSA) is 37.3 Å². The zero-order chi connectivity index (χ0) is 29.2. The van der Waals surface area contributed by atoms with Gasteiger partial charge in [-0.3, -0.25) is 4.79 Å². The van der Waals surface area contributed by atoms with Crippen molar-refractivity contribution in [3.05, 3.63) is 0 Å². The van der Waals surface area contributed by atoms with Gasteiger partial charge in [0.2, 0.25) is 0 Å². The molecule has 1 unspecified atom stereocenters. The van der Waals surface area contributed by atoms with Crippen LogP contribution < -0.4 is 0 Å². The Morgan fingerprint density at radius 2 is 0.750 bits per heavy atom. The molecule has 0 fully saturated rings. The third-order valence-electron chi connectivity index (χ3n) is 8.26. The molecule has 2 nitrogen and oxygen atoms in total. The van der Waals surface area contributed by atoms with Gasteiger partial charge in [0.05, 0.1) is 0 Å². The summed E-state index contributed by atoms with van der Waals surface area (Å²) in [6.45, 7) is 4.58. The molecular weight excluding hydrogens is 529 g/mol. The number of rotatable bonds is 35. The number of hydrogen-bond donors (Lipinski definition) is 1. The van der Waals surface area contributed by atoms with E-state index < -0.39 is 5.97 Å². The Balaban J connectivity index is 3.37. The summed E-state index contributed by atoms with van der Waals surface area (Å²) >= 11 is 3.66. The fourth-order valence-corrected chi connectivity index (χ4v) is 7.74. The zero-order valence-electron chi connectivity index (χ0n) is 27.4. The van der Waals surface area contributed by atoms with Gasteiger partial charge in [-0.05, 0) is 36.5 Å². The van der Waals surface area contributed by atoms with E-state index in [0.717, 1.165) is 17.9 Å². The Hall–Kier alpha value is 0.170. The summed E-state index contributed by atoms with van der Waals surface area (Å²) in [7, 11) is 0. The van der Waals surface area contributed by atoms with E-state index in [0.29, 0.717) is 0 Å². The van der Waals surface area contributed by atoms with Crippen LogP contribution in [0.25, 0.3) is 0 Å². The Morgan fingerprint density at radius 1 is 0.450 bits per heavy atom. The molecule has 0 aromatic rings. The number of carboxylic acids is 1. The third kappa shape index (κ3) is 32.7. The summed E-state index contributed by atoms with van der Waals surface area (Å²) < 4.78 is 0. The Labute approximate surface area is 261 Å². The van der Waals surface area contributed by atoms with Crippen molar-refractivity contribution in [3.8, 4) is 0 Å². The molecule has 4 heteroatoms. The standard InChI is InChI=1S/C36H72O2S2/c1-3-5-7-9-11-13-15-17-19-21-23-25-27-29-32-39-34-31-35(36(37)38)40-33-30-28-26-24-22-20-18-16-14-12-10-8-6-4-2/h35H,3-34H2,1-2H3,(H,37,38). The minimum absolute atomic E-state index is 0.203. The van der Waals surface area contributed by atoms with Crippen LogP contribution in [0, 0.1) is 0 Å². The van der Waals surface area contributed by atoms with Crippen molar-refractivity contribution in [1.29, 1.82) is 0 Å². The highest BCUT2D eigenvalue weighted by Gasteiger charge is 2.17. The minimum atomic E-state index is -0.604. The third-order valence-corrected chi connectivity index (χ3v) is 10.7. The van der Waals surface area contributed by atoms with E-state index in [1.54, 1.807) is 11.8 Å². The second-order valence-corrected chi connectivity index (χ2v) is 14.8. The van der Waals surface area contributed by atoms with E-state index in [-0.39, 0.29) is 5.25 Å². The summed E-state index contributed by atoms with van der Waals surface area (Å²) in [4.78, 5) is 11.7. The lowest BCUT2D eigenvalue weighted by molar-refractivity contribution is -0.136. The van der Waals surface area contributed by atoms with Gasteiger partial charge in [-0.2, -0.15) is 11.8 Å². The second-order valence-electron chi connectivity index (χ2n) is 12.3. The molecule has 1 atom stereocenters. The maximum atomic E-state index is 11.7. The van der Waals surface area contributed by atoms with Crippen molar-refractivity contribution in [3.63, 3.8) is 0 Å². The van der Waals surface area contributed by atoms with Crippen molar-refractivity contribution in [2.75, 3.05) is 17.3 Å². The fourth-order valence-electron chi connectivity index (χ4n) is 5.49. The Kier molecular flexibility index (Phi) is 35.5. The monoisotopic (exact) mass is 600 g/mol. The molecule has 1 N–H and O–H groups in total. The zero-order valence-corrected chi connectivity index (χ0v) is 29.0. The lowest BCUT2D eigenvalue weighted by atomic mass is 10.0. The van der Waals surface area contributed by atoms with E-state index in [1.165, 1.54) is 186 Å². The van der Waals surface area contributed by atoms with Crippen molar-refractivity contribution in [2.24, 2.45) is 0 Å². The van der Waals surface area contributed by atoms with Crippen LogP contribution in [-0.2, 0) is 4.79 Å². The molecule has 0 rings (SSSR count). The predicted octanol–water partition coefficient (Wildman–Crippen LogP) is 13.3. The summed E-state index contributed by atoms with van der Waals surface area (Å²) in [5.74, 6) is 2.61. The van der Waals surface area contributed by atoms with Crippen molar-refractivity contribution in [2.45, 2.75) is 205 Å². The molecule has 0 spiro atoms. The second kappa shape index (κ2) is 35.4. The van der Waals surface area contributed by atoms with Crippen molar-refractivity contribution >= 4 is 29.5 Å². The minimum Gasteiger partial charge on any atom is -0.480 e. The van der Waals surface area contributed by atoms with Crippen LogP contribution in [0.5, 0.6) is 0 Å². The van der Waals surface area contributed by atoms with Gasteiger partial charge in [-0.25, -0.2) is 0 Å². The van der Waals surface area contributed by atoms with Gasteiger partial charge in [-0.1, -0.05) is 181 Å². The quantitative estimate of drug-likeness (QED) is 0.0734. The van der Waals surface area contributed by atoms with E-state index in [2.05, 4.69) is 13.8 Å².